The standard InChI is InChI=1S/C28H29FN4O5/c1-18-6-5-7-20(26(30)34)25(18)38-17-19-10-11-22(29)21(16-19)27(35)32-12-14-33(15-13-32)28(36)31-23-8-3-4-9-24(23)37-2/h3-11,16H,12-15,17H2,1-2H3,(H2,30,34)(H,31,36). The molecule has 3 aromatic rings. The number of nitrogens with one attached hydrogen (secondary N) is 1. The summed E-state index contributed by atoms with van der Waals surface area (Å²) in [6.07, 6.45) is 0. The number of piperazine rings is 1. The summed E-state index contributed by atoms with van der Waals surface area (Å²) in [6, 6.07) is 16.0. The van der Waals surface area contributed by atoms with E-state index >= 15 is 0 Å². The van der Waals surface area contributed by atoms with Gasteiger partial charge in [0.25, 0.3) is 11.8 Å². The number of urea groups is 1. The number of nitrogens with zero attached hydrogens (tertiary/aromatic N) is 2. The predicted molar refractivity (Wildman–Crippen MR) is 140 cm³/mol. The number of amides is 4. The molecule has 4 rings (SSSR count). The average Bonchev–Trinajstić information content (AvgIpc) is 2.93. The quantitative estimate of drug-likeness (QED) is 0.492. The number of aryl methyl sites for hydroxylation is 1. The van der Waals surface area contributed by atoms with Gasteiger partial charge < -0.3 is 30.3 Å². The van der Waals surface area contributed by atoms with E-state index < -0.39 is 17.6 Å². The van der Waals surface area contributed by atoms with E-state index in [-0.39, 0.29) is 36.9 Å². The molecule has 3 aromatic carbocycles. The molecule has 1 heterocycles. The van der Waals surface area contributed by atoms with Gasteiger partial charge in [0, 0.05) is 26.2 Å². The summed E-state index contributed by atoms with van der Waals surface area (Å²) in [5.74, 6) is -0.844. The van der Waals surface area contributed by atoms with Crippen LogP contribution in [0.3, 0.4) is 0 Å². The van der Waals surface area contributed by atoms with Gasteiger partial charge in [0.05, 0.1) is 23.9 Å². The lowest BCUT2D eigenvalue weighted by Crippen LogP contribution is -2.51. The fourth-order valence-electron chi connectivity index (χ4n) is 4.24. The SMILES string of the molecule is COc1ccccc1NC(=O)N1CCN(C(=O)c2cc(COc3c(C)cccc3C(N)=O)ccc2F)CC1. The van der Waals surface area contributed by atoms with Crippen molar-refractivity contribution in [3.05, 3.63) is 88.7 Å². The van der Waals surface area contributed by atoms with E-state index in [9.17, 15) is 18.8 Å². The minimum Gasteiger partial charge on any atom is -0.495 e. The number of anilines is 1. The van der Waals surface area contributed by atoms with Crippen LogP contribution in [-0.4, -0.2) is 60.9 Å². The van der Waals surface area contributed by atoms with Crippen LogP contribution in [-0.2, 0) is 6.61 Å². The van der Waals surface area contributed by atoms with Crippen molar-refractivity contribution in [2.24, 2.45) is 5.73 Å². The van der Waals surface area contributed by atoms with Crippen LogP contribution in [0.1, 0.15) is 31.8 Å². The van der Waals surface area contributed by atoms with Gasteiger partial charge in [0.15, 0.2) is 0 Å². The second-order valence-corrected chi connectivity index (χ2v) is 8.83. The minimum atomic E-state index is -0.649. The highest BCUT2D eigenvalue weighted by atomic mass is 19.1. The normalized spacial score (nSPS) is 13.1. The second-order valence-electron chi connectivity index (χ2n) is 8.83. The lowest BCUT2D eigenvalue weighted by Gasteiger charge is -2.35. The molecule has 10 heteroatoms. The number of methoxy groups -OCH3 is 1. The number of ether oxygens (including phenoxy) is 2. The summed E-state index contributed by atoms with van der Waals surface area (Å²) in [4.78, 5) is 40.7. The van der Waals surface area contributed by atoms with E-state index in [0.29, 0.717) is 35.8 Å². The molecular weight excluding hydrogens is 491 g/mol. The highest BCUT2D eigenvalue weighted by Gasteiger charge is 2.27. The molecule has 0 saturated carbocycles. The van der Waals surface area contributed by atoms with E-state index in [0.717, 1.165) is 5.56 Å². The maximum absolute atomic E-state index is 14.7. The first-order chi connectivity index (χ1) is 18.3. The van der Waals surface area contributed by atoms with Gasteiger partial charge >= 0.3 is 6.03 Å². The first kappa shape index (κ1) is 26.5. The molecule has 3 N–H and O–H groups in total. The molecule has 4 amide bonds. The number of para-hydroxylation sites is 3. The number of nitrogens with two attached hydrogens (primary N) is 1. The Morgan fingerprint density at radius 2 is 1.66 bits per heavy atom. The number of carbonyl (C=O) groups excluding carboxylic acids is 3. The Hall–Kier alpha value is -4.60. The van der Waals surface area contributed by atoms with Crippen LogP contribution < -0.4 is 20.5 Å². The number of rotatable bonds is 7. The van der Waals surface area contributed by atoms with Crippen LogP contribution in [0.5, 0.6) is 11.5 Å². The minimum absolute atomic E-state index is 0.0165. The van der Waals surface area contributed by atoms with Crippen molar-refractivity contribution in [2.75, 3.05) is 38.6 Å². The van der Waals surface area contributed by atoms with Crippen molar-refractivity contribution < 1.29 is 28.2 Å². The molecule has 1 aliphatic heterocycles. The van der Waals surface area contributed by atoms with Gasteiger partial charge in [0.1, 0.15) is 23.9 Å². The Labute approximate surface area is 219 Å². The summed E-state index contributed by atoms with van der Waals surface area (Å²) in [7, 11) is 1.52. The summed E-state index contributed by atoms with van der Waals surface area (Å²) < 4.78 is 25.8. The van der Waals surface area contributed by atoms with Crippen LogP contribution in [0.25, 0.3) is 0 Å². The number of primary amides is 1. The smallest absolute Gasteiger partial charge is 0.322 e. The third-order valence-electron chi connectivity index (χ3n) is 6.32. The average molecular weight is 521 g/mol. The Balaban J connectivity index is 1.39. The lowest BCUT2D eigenvalue weighted by atomic mass is 10.1. The molecule has 9 nitrogen and oxygen atoms in total. The topological polar surface area (TPSA) is 114 Å². The molecule has 198 valence electrons. The molecular formula is C28H29FN4O5. The maximum Gasteiger partial charge on any atom is 0.322 e. The van der Waals surface area contributed by atoms with Gasteiger partial charge in [-0.1, -0.05) is 30.3 Å². The van der Waals surface area contributed by atoms with Gasteiger partial charge in [-0.15, -0.1) is 0 Å². The third kappa shape index (κ3) is 5.86. The first-order valence-electron chi connectivity index (χ1n) is 12.1. The largest absolute Gasteiger partial charge is 0.495 e. The van der Waals surface area contributed by atoms with Crippen molar-refractivity contribution in [3.63, 3.8) is 0 Å². The summed E-state index contributed by atoms with van der Waals surface area (Å²) >= 11 is 0. The molecule has 0 bridgehead atoms. The Kier molecular flexibility index (Phi) is 8.10. The number of carbonyl (C=O) groups is 3. The number of hydrogen-bond acceptors (Lipinski definition) is 5. The Morgan fingerprint density at radius 1 is 0.947 bits per heavy atom. The van der Waals surface area contributed by atoms with Gasteiger partial charge in [-0.3, -0.25) is 9.59 Å². The molecule has 0 atom stereocenters. The molecule has 0 spiro atoms. The number of benzene rings is 3. The van der Waals surface area contributed by atoms with E-state index in [4.69, 9.17) is 15.2 Å². The van der Waals surface area contributed by atoms with Crippen LogP contribution in [0.4, 0.5) is 14.9 Å². The number of hydrogen-bond donors (Lipinski definition) is 2. The molecule has 1 saturated heterocycles. The van der Waals surface area contributed by atoms with Gasteiger partial charge in [-0.25, -0.2) is 9.18 Å². The molecule has 38 heavy (non-hydrogen) atoms. The van der Waals surface area contributed by atoms with Crippen molar-refractivity contribution in [1.29, 1.82) is 0 Å². The zero-order valence-corrected chi connectivity index (χ0v) is 21.2. The number of halogens is 1. The van der Waals surface area contributed by atoms with Gasteiger partial charge in [-0.05, 0) is 48.4 Å². The summed E-state index contributed by atoms with van der Waals surface area (Å²) in [5.41, 5.74) is 7.44. The van der Waals surface area contributed by atoms with Crippen molar-refractivity contribution >= 4 is 23.5 Å². The van der Waals surface area contributed by atoms with Crippen LogP contribution in [0.2, 0.25) is 0 Å². The monoisotopic (exact) mass is 520 g/mol. The van der Waals surface area contributed by atoms with Crippen LogP contribution in [0, 0.1) is 12.7 Å². The second kappa shape index (κ2) is 11.6. The fraction of sp³-hybridized carbons (Fsp3) is 0.250. The fourth-order valence-corrected chi connectivity index (χ4v) is 4.24. The van der Waals surface area contributed by atoms with E-state index in [1.54, 1.807) is 54.3 Å². The molecule has 0 aromatic heterocycles. The first-order valence-corrected chi connectivity index (χ1v) is 12.1. The van der Waals surface area contributed by atoms with Crippen molar-refractivity contribution in [1.82, 2.24) is 9.80 Å². The lowest BCUT2D eigenvalue weighted by molar-refractivity contribution is 0.0666. The van der Waals surface area contributed by atoms with Crippen LogP contribution in [0.15, 0.2) is 60.7 Å². The third-order valence-corrected chi connectivity index (χ3v) is 6.32. The van der Waals surface area contributed by atoms with Crippen molar-refractivity contribution in [3.8, 4) is 11.5 Å². The van der Waals surface area contributed by atoms with E-state index in [1.165, 1.54) is 30.2 Å². The predicted octanol–water partition coefficient (Wildman–Crippen LogP) is 3.81. The molecule has 0 aliphatic carbocycles. The molecule has 0 unspecified atom stereocenters. The Bertz CT molecular complexity index is 1350. The summed E-state index contributed by atoms with van der Waals surface area (Å²) in [6.45, 7) is 2.90. The van der Waals surface area contributed by atoms with Gasteiger partial charge in [-0.2, -0.15) is 0 Å². The molecule has 0 radical (unpaired) electrons. The van der Waals surface area contributed by atoms with Gasteiger partial charge in [0.2, 0.25) is 0 Å². The molecule has 1 fully saturated rings. The van der Waals surface area contributed by atoms with E-state index in [1.807, 2.05) is 0 Å². The highest BCUT2D eigenvalue weighted by molar-refractivity contribution is 5.96. The maximum atomic E-state index is 14.7. The highest BCUT2D eigenvalue weighted by Crippen LogP contribution is 2.26. The summed E-state index contributed by atoms with van der Waals surface area (Å²) in [5, 5.41) is 2.82. The zero-order valence-electron chi connectivity index (χ0n) is 21.2. The molecule has 1 aliphatic rings. The van der Waals surface area contributed by atoms with E-state index in [2.05, 4.69) is 5.32 Å². The van der Waals surface area contributed by atoms with Crippen LogP contribution >= 0.6 is 0 Å². The van der Waals surface area contributed by atoms with Crippen molar-refractivity contribution in [2.45, 2.75) is 13.5 Å². The Morgan fingerprint density at radius 3 is 2.37 bits per heavy atom. The zero-order chi connectivity index (χ0) is 27.2.